The number of aryl methyl sites for hydroxylation is 3. The average molecular weight is 437 g/mol. The summed E-state index contributed by atoms with van der Waals surface area (Å²) in [7, 11) is 0. The summed E-state index contributed by atoms with van der Waals surface area (Å²) in [5.74, 6) is -0.125. The van der Waals surface area contributed by atoms with Crippen LogP contribution in [0, 0.1) is 27.7 Å². The molecule has 1 N–H and O–H groups in total. The Labute approximate surface area is 186 Å². The van der Waals surface area contributed by atoms with Gasteiger partial charge in [-0.05, 0) is 44.9 Å². The number of nitrogens with zero attached hydrogens (tertiary/aromatic N) is 5. The Morgan fingerprint density at radius 1 is 1.00 bits per heavy atom. The van der Waals surface area contributed by atoms with Gasteiger partial charge in [0.2, 0.25) is 5.91 Å². The number of fused-ring (bicyclic) bond motifs is 1. The van der Waals surface area contributed by atoms with E-state index in [1.54, 1.807) is 15.6 Å². The van der Waals surface area contributed by atoms with Crippen LogP contribution in [0.2, 0.25) is 5.02 Å². The number of hydrogen-bond acceptors (Lipinski definition) is 4. The molecular formula is C23H25ClN6O. The van der Waals surface area contributed by atoms with Crippen molar-refractivity contribution in [3.05, 3.63) is 64.2 Å². The molecule has 0 radical (unpaired) electrons. The molecule has 0 aliphatic heterocycles. The Kier molecular flexibility index (Phi) is 5.78. The Morgan fingerprint density at radius 2 is 1.71 bits per heavy atom. The Balaban J connectivity index is 1.49. The third kappa shape index (κ3) is 4.18. The summed E-state index contributed by atoms with van der Waals surface area (Å²) in [6.07, 6.45) is 1.76. The third-order valence-corrected chi connectivity index (χ3v) is 5.95. The van der Waals surface area contributed by atoms with E-state index in [2.05, 4.69) is 51.7 Å². The molecule has 0 fully saturated rings. The number of halogens is 1. The molecule has 0 unspecified atom stereocenters. The van der Waals surface area contributed by atoms with Gasteiger partial charge >= 0.3 is 0 Å². The summed E-state index contributed by atoms with van der Waals surface area (Å²) in [5.41, 5.74) is 6.62. The van der Waals surface area contributed by atoms with Crippen LogP contribution in [0.5, 0.6) is 0 Å². The van der Waals surface area contributed by atoms with Crippen LogP contribution in [0.15, 0.2) is 36.5 Å². The molecule has 4 aromatic rings. The number of rotatable bonds is 6. The van der Waals surface area contributed by atoms with Crippen molar-refractivity contribution in [1.29, 1.82) is 0 Å². The maximum absolute atomic E-state index is 12.5. The molecule has 0 atom stereocenters. The van der Waals surface area contributed by atoms with Gasteiger partial charge in [-0.1, -0.05) is 41.4 Å². The molecule has 7 nitrogen and oxygen atoms in total. The lowest BCUT2D eigenvalue weighted by Gasteiger charge is -2.08. The third-order valence-electron chi connectivity index (χ3n) is 5.40. The molecule has 0 bridgehead atoms. The molecule has 1 aromatic carbocycles. The van der Waals surface area contributed by atoms with Gasteiger partial charge in [0.05, 0.1) is 28.6 Å². The van der Waals surface area contributed by atoms with E-state index in [0.29, 0.717) is 23.8 Å². The SMILES string of the molecule is Cc1ccc(-c2ccnc3c2c(C)nn3CC(=O)NCCn2nc(C)c(Cl)c2C)cc1. The fourth-order valence-corrected chi connectivity index (χ4v) is 3.89. The number of carbonyl (C=O) groups excluding carboxylic acids is 1. The standard InChI is InChI=1S/C23H25ClN6O/c1-14-5-7-18(8-6-14)19-9-10-26-23-21(19)15(2)27-30(23)13-20(31)25-11-12-29-17(4)22(24)16(3)28-29/h5-10H,11-13H2,1-4H3,(H,25,31). The van der Waals surface area contributed by atoms with E-state index in [9.17, 15) is 4.79 Å². The van der Waals surface area contributed by atoms with Gasteiger partial charge in [0, 0.05) is 18.1 Å². The first-order valence-corrected chi connectivity index (χ1v) is 10.6. The molecule has 0 saturated carbocycles. The number of aromatic nitrogens is 5. The minimum atomic E-state index is -0.125. The summed E-state index contributed by atoms with van der Waals surface area (Å²) in [4.78, 5) is 17.1. The quantitative estimate of drug-likeness (QED) is 0.495. The van der Waals surface area contributed by atoms with Crippen molar-refractivity contribution in [2.75, 3.05) is 6.54 Å². The smallest absolute Gasteiger partial charge is 0.241 e. The molecule has 31 heavy (non-hydrogen) atoms. The summed E-state index contributed by atoms with van der Waals surface area (Å²) in [5, 5.41) is 13.5. The zero-order valence-electron chi connectivity index (χ0n) is 18.1. The lowest BCUT2D eigenvalue weighted by atomic mass is 10.0. The Hall–Kier alpha value is -3.19. The van der Waals surface area contributed by atoms with Crippen LogP contribution in [0.1, 0.15) is 22.6 Å². The van der Waals surface area contributed by atoms with Crippen molar-refractivity contribution in [2.45, 2.75) is 40.8 Å². The predicted molar refractivity (Wildman–Crippen MR) is 122 cm³/mol. The molecule has 1 amide bonds. The van der Waals surface area contributed by atoms with Crippen molar-refractivity contribution < 1.29 is 4.79 Å². The zero-order valence-corrected chi connectivity index (χ0v) is 18.9. The fourth-order valence-electron chi connectivity index (χ4n) is 3.75. The van der Waals surface area contributed by atoms with Gasteiger partial charge in [0.25, 0.3) is 0 Å². The largest absolute Gasteiger partial charge is 0.353 e. The predicted octanol–water partition coefficient (Wildman–Crippen LogP) is 4.00. The minimum Gasteiger partial charge on any atom is -0.353 e. The van der Waals surface area contributed by atoms with Crippen molar-refractivity contribution in [2.24, 2.45) is 0 Å². The van der Waals surface area contributed by atoms with Crippen molar-refractivity contribution in [3.63, 3.8) is 0 Å². The molecule has 160 valence electrons. The monoisotopic (exact) mass is 436 g/mol. The molecule has 0 saturated heterocycles. The van der Waals surface area contributed by atoms with Crippen LogP contribution in [0.4, 0.5) is 0 Å². The van der Waals surface area contributed by atoms with Crippen LogP contribution in [-0.2, 0) is 17.9 Å². The highest BCUT2D eigenvalue weighted by atomic mass is 35.5. The topological polar surface area (TPSA) is 77.6 Å². The Bertz CT molecular complexity index is 1260. The molecule has 0 aliphatic carbocycles. The molecule has 0 spiro atoms. The first-order chi connectivity index (χ1) is 14.8. The van der Waals surface area contributed by atoms with Crippen LogP contribution >= 0.6 is 11.6 Å². The lowest BCUT2D eigenvalue weighted by Crippen LogP contribution is -2.31. The minimum absolute atomic E-state index is 0.104. The molecule has 3 aromatic heterocycles. The molecule has 8 heteroatoms. The van der Waals surface area contributed by atoms with Crippen LogP contribution in [0.25, 0.3) is 22.2 Å². The van der Waals surface area contributed by atoms with Gasteiger partial charge < -0.3 is 5.32 Å². The molecule has 0 aliphatic rings. The van der Waals surface area contributed by atoms with Crippen molar-refractivity contribution >= 4 is 28.5 Å². The second-order valence-electron chi connectivity index (χ2n) is 7.72. The normalized spacial score (nSPS) is 11.3. The maximum atomic E-state index is 12.5. The molecular weight excluding hydrogens is 412 g/mol. The van der Waals surface area contributed by atoms with E-state index < -0.39 is 0 Å². The van der Waals surface area contributed by atoms with Gasteiger partial charge in [-0.3, -0.25) is 9.48 Å². The van der Waals surface area contributed by atoms with Crippen LogP contribution in [-0.4, -0.2) is 37.0 Å². The van der Waals surface area contributed by atoms with Gasteiger partial charge in [0.1, 0.15) is 6.54 Å². The summed E-state index contributed by atoms with van der Waals surface area (Å²) in [6.45, 7) is 8.91. The van der Waals surface area contributed by atoms with Gasteiger partial charge in [-0.25, -0.2) is 9.67 Å². The van der Waals surface area contributed by atoms with Gasteiger partial charge in [-0.15, -0.1) is 0 Å². The van der Waals surface area contributed by atoms with Crippen LogP contribution in [0.3, 0.4) is 0 Å². The Morgan fingerprint density at radius 3 is 2.39 bits per heavy atom. The summed E-state index contributed by atoms with van der Waals surface area (Å²) >= 11 is 6.18. The summed E-state index contributed by atoms with van der Waals surface area (Å²) in [6, 6.07) is 10.4. The lowest BCUT2D eigenvalue weighted by molar-refractivity contribution is -0.121. The number of amides is 1. The first kappa shape index (κ1) is 21.1. The average Bonchev–Trinajstić information content (AvgIpc) is 3.19. The second kappa shape index (κ2) is 8.51. The van der Waals surface area contributed by atoms with E-state index in [4.69, 9.17) is 11.6 Å². The van der Waals surface area contributed by atoms with Crippen LogP contribution < -0.4 is 5.32 Å². The highest BCUT2D eigenvalue weighted by molar-refractivity contribution is 6.31. The van der Waals surface area contributed by atoms with Gasteiger partial charge in [0.15, 0.2) is 5.65 Å². The number of hydrogen-bond donors (Lipinski definition) is 1. The number of carbonyl (C=O) groups is 1. The van der Waals surface area contributed by atoms with E-state index in [1.807, 2.05) is 26.8 Å². The first-order valence-electron chi connectivity index (χ1n) is 10.2. The maximum Gasteiger partial charge on any atom is 0.241 e. The molecule has 4 rings (SSSR count). The van der Waals surface area contributed by atoms with E-state index in [-0.39, 0.29) is 12.5 Å². The van der Waals surface area contributed by atoms with Gasteiger partial charge in [-0.2, -0.15) is 10.2 Å². The number of pyridine rings is 1. The fraction of sp³-hybridized carbons (Fsp3) is 0.304. The van der Waals surface area contributed by atoms with E-state index in [1.165, 1.54) is 5.56 Å². The number of nitrogens with one attached hydrogen (secondary N) is 1. The zero-order chi connectivity index (χ0) is 22.1. The highest BCUT2D eigenvalue weighted by Crippen LogP contribution is 2.30. The van der Waals surface area contributed by atoms with E-state index >= 15 is 0 Å². The second-order valence-corrected chi connectivity index (χ2v) is 8.10. The molecule has 3 heterocycles. The summed E-state index contributed by atoms with van der Waals surface area (Å²) < 4.78 is 3.47. The number of benzene rings is 1. The van der Waals surface area contributed by atoms with E-state index in [0.717, 1.165) is 33.6 Å². The highest BCUT2D eigenvalue weighted by Gasteiger charge is 2.16. The van der Waals surface area contributed by atoms with Crippen molar-refractivity contribution in [1.82, 2.24) is 29.9 Å². The van der Waals surface area contributed by atoms with Crippen molar-refractivity contribution in [3.8, 4) is 11.1 Å².